The summed E-state index contributed by atoms with van der Waals surface area (Å²) in [7, 11) is 0. The van der Waals surface area contributed by atoms with Crippen LogP contribution in [0.3, 0.4) is 0 Å². The second-order valence-corrected chi connectivity index (χ2v) is 4.95. The Labute approximate surface area is 148 Å². The zero-order valence-corrected chi connectivity index (χ0v) is 18.0. The van der Waals surface area contributed by atoms with Crippen LogP contribution in [-0.2, 0) is 0 Å². The molecule has 1 nitrogen and oxygen atoms in total. The van der Waals surface area contributed by atoms with E-state index in [1.165, 1.54) is 49.9 Å². The normalized spacial score (nSPS) is 7.50. The van der Waals surface area contributed by atoms with Crippen molar-refractivity contribution in [1.29, 1.82) is 0 Å². The van der Waals surface area contributed by atoms with Gasteiger partial charge in [-0.05, 0) is 11.4 Å². The van der Waals surface area contributed by atoms with Crippen molar-refractivity contribution in [3.05, 3.63) is 22.4 Å². The average Bonchev–Trinajstić information content (AvgIpc) is 3.01. The van der Waals surface area contributed by atoms with Gasteiger partial charge in [0.1, 0.15) is 0 Å². The number of aldehydes is 1. The van der Waals surface area contributed by atoms with E-state index in [0.717, 1.165) is 11.8 Å². The van der Waals surface area contributed by atoms with E-state index < -0.39 is 0 Å². The fourth-order valence-electron chi connectivity index (χ4n) is 0.342. The maximum absolute atomic E-state index is 9.87. The van der Waals surface area contributed by atoms with Gasteiger partial charge in [-0.2, -0.15) is 11.3 Å². The largest absolute Gasteiger partial charge is 0.298 e. The fraction of sp³-hybridized carbons (Fsp3) is 0.706. The Kier molecular flexibility index (Phi) is 44.7. The third-order valence-corrected chi connectivity index (χ3v) is 2.88. The average molecular weight is 405 g/mol. The monoisotopic (exact) mass is 406 g/mol. The molecule has 4 radical (unpaired) electrons. The van der Waals surface area contributed by atoms with Gasteiger partial charge in [0, 0.05) is 34.9 Å². The van der Waals surface area contributed by atoms with Gasteiger partial charge in [-0.3, -0.25) is 4.79 Å². The summed E-state index contributed by atoms with van der Waals surface area (Å²) in [6, 6.07) is 1.79. The van der Waals surface area contributed by atoms with E-state index in [1.807, 2.05) is 10.8 Å². The molecule has 1 aromatic heterocycles. The molecule has 0 bridgehead atoms. The molecule has 118 valence electrons. The standard InChI is InChI=1S/C5H4OS.3C4H10.Sn/c6-3-5-1-2-7-4-5;3*1-3-4-2;/h1-4H;3*3-4H2,1-2H3;. The van der Waals surface area contributed by atoms with E-state index in [2.05, 4.69) is 41.5 Å². The predicted molar refractivity (Wildman–Crippen MR) is 97.2 cm³/mol. The number of carbonyl (C=O) groups is 1. The van der Waals surface area contributed by atoms with Gasteiger partial charge in [0.15, 0.2) is 6.29 Å². The quantitative estimate of drug-likeness (QED) is 0.408. The van der Waals surface area contributed by atoms with Crippen molar-refractivity contribution in [2.24, 2.45) is 0 Å². The fourth-order valence-corrected chi connectivity index (χ4v) is 0.948. The Morgan fingerprint density at radius 1 is 0.850 bits per heavy atom. The molecule has 0 saturated carbocycles. The zero-order chi connectivity index (χ0) is 15.4. The van der Waals surface area contributed by atoms with Crippen LogP contribution < -0.4 is 0 Å². The van der Waals surface area contributed by atoms with Crippen molar-refractivity contribution in [2.75, 3.05) is 0 Å². The van der Waals surface area contributed by atoms with Gasteiger partial charge >= 0.3 is 0 Å². The molecule has 0 aliphatic rings. The molecule has 1 heterocycles. The van der Waals surface area contributed by atoms with Crippen LogP contribution in [0.1, 0.15) is 90.4 Å². The molecule has 0 aliphatic heterocycles. The van der Waals surface area contributed by atoms with Crippen LogP contribution in [0.5, 0.6) is 0 Å². The van der Waals surface area contributed by atoms with Gasteiger partial charge in [-0.25, -0.2) is 0 Å². The maximum Gasteiger partial charge on any atom is 0.150 e. The van der Waals surface area contributed by atoms with E-state index >= 15 is 0 Å². The number of hydrogen-bond donors (Lipinski definition) is 0. The van der Waals surface area contributed by atoms with Crippen molar-refractivity contribution in [1.82, 2.24) is 0 Å². The summed E-state index contributed by atoms with van der Waals surface area (Å²) in [5.74, 6) is 0. The number of hydrogen-bond acceptors (Lipinski definition) is 2. The minimum atomic E-state index is 0. The van der Waals surface area contributed by atoms with Crippen LogP contribution in [-0.4, -0.2) is 30.2 Å². The first-order valence-corrected chi connectivity index (χ1v) is 8.59. The van der Waals surface area contributed by atoms with Gasteiger partial charge < -0.3 is 0 Å². The smallest absolute Gasteiger partial charge is 0.150 e. The predicted octanol–water partition coefficient (Wildman–Crippen LogP) is 6.60. The SMILES string of the molecule is CCCC.CCCC.CCCC.O=Cc1ccsc1.[Sn]. The molecule has 3 heteroatoms. The summed E-state index contributed by atoms with van der Waals surface area (Å²) in [6.07, 6.45) is 8.76. The minimum absolute atomic E-state index is 0. The second-order valence-electron chi connectivity index (χ2n) is 4.17. The van der Waals surface area contributed by atoms with Crippen molar-refractivity contribution in [2.45, 2.75) is 80.1 Å². The van der Waals surface area contributed by atoms with Crippen molar-refractivity contribution in [3.8, 4) is 0 Å². The van der Waals surface area contributed by atoms with Crippen LogP contribution >= 0.6 is 11.3 Å². The van der Waals surface area contributed by atoms with E-state index in [0.29, 0.717) is 0 Å². The summed E-state index contributed by atoms with van der Waals surface area (Å²) in [4.78, 5) is 9.87. The molecule has 0 amide bonds. The molecule has 0 atom stereocenters. The first-order valence-electron chi connectivity index (χ1n) is 7.65. The number of rotatable bonds is 4. The molecular formula is C17H34OSSn. The molecule has 0 saturated heterocycles. The first kappa shape index (κ1) is 28.3. The zero-order valence-electron chi connectivity index (χ0n) is 14.4. The van der Waals surface area contributed by atoms with Gasteiger partial charge in [0.2, 0.25) is 0 Å². The van der Waals surface area contributed by atoms with Crippen LogP contribution in [0.2, 0.25) is 0 Å². The Hall–Kier alpha value is 0.169. The Balaban J connectivity index is -0.0000000881. The van der Waals surface area contributed by atoms with Gasteiger partial charge in [0.25, 0.3) is 0 Å². The van der Waals surface area contributed by atoms with Crippen molar-refractivity contribution < 1.29 is 4.79 Å². The third kappa shape index (κ3) is 36.2. The molecule has 0 aliphatic carbocycles. The molecule has 0 aromatic carbocycles. The Morgan fingerprint density at radius 2 is 1.20 bits per heavy atom. The Bertz CT molecular complexity index is 207. The van der Waals surface area contributed by atoms with Crippen LogP contribution in [0, 0.1) is 0 Å². The summed E-state index contributed by atoms with van der Waals surface area (Å²) in [5, 5.41) is 3.69. The number of unbranched alkanes of at least 4 members (excludes halogenated alkanes) is 3. The van der Waals surface area contributed by atoms with Crippen LogP contribution in [0.4, 0.5) is 0 Å². The van der Waals surface area contributed by atoms with E-state index in [4.69, 9.17) is 0 Å². The summed E-state index contributed by atoms with van der Waals surface area (Å²) < 4.78 is 0. The summed E-state index contributed by atoms with van der Waals surface area (Å²) in [6.45, 7) is 13.1. The van der Waals surface area contributed by atoms with Gasteiger partial charge in [0.05, 0.1) is 0 Å². The van der Waals surface area contributed by atoms with Crippen LogP contribution in [0.25, 0.3) is 0 Å². The van der Waals surface area contributed by atoms with E-state index in [9.17, 15) is 4.79 Å². The van der Waals surface area contributed by atoms with Gasteiger partial charge in [-0.15, -0.1) is 0 Å². The molecule has 0 unspecified atom stereocenters. The summed E-state index contributed by atoms with van der Waals surface area (Å²) in [5.41, 5.74) is 0.769. The molecule has 0 N–H and O–H groups in total. The topological polar surface area (TPSA) is 17.1 Å². The van der Waals surface area contributed by atoms with Crippen LogP contribution in [0.15, 0.2) is 16.8 Å². The van der Waals surface area contributed by atoms with E-state index in [-0.39, 0.29) is 23.9 Å². The molecule has 1 aromatic rings. The molecule has 1 rings (SSSR count). The van der Waals surface area contributed by atoms with Crippen molar-refractivity contribution in [3.63, 3.8) is 0 Å². The minimum Gasteiger partial charge on any atom is -0.298 e. The van der Waals surface area contributed by atoms with Crippen molar-refractivity contribution >= 4 is 41.5 Å². The summed E-state index contributed by atoms with van der Waals surface area (Å²) >= 11 is 1.53. The Morgan fingerprint density at radius 3 is 1.30 bits per heavy atom. The molecule has 20 heavy (non-hydrogen) atoms. The molecule has 0 spiro atoms. The second kappa shape index (κ2) is 31.5. The van der Waals surface area contributed by atoms with Gasteiger partial charge in [-0.1, -0.05) is 80.1 Å². The molecule has 0 fully saturated rings. The van der Waals surface area contributed by atoms with E-state index in [1.54, 1.807) is 6.07 Å². The number of carbonyl (C=O) groups excluding carboxylic acids is 1. The third-order valence-electron chi connectivity index (χ3n) is 2.18. The number of thiophene rings is 1. The maximum atomic E-state index is 9.87. The first-order chi connectivity index (χ1) is 9.17. The molecular weight excluding hydrogens is 371 g/mol.